The minimum atomic E-state index is -0.518. The lowest BCUT2D eigenvalue weighted by Gasteiger charge is -2.22. The maximum atomic E-state index is 12.4. The minimum absolute atomic E-state index is 0.252. The van der Waals surface area contributed by atoms with E-state index in [1.807, 2.05) is 0 Å². The van der Waals surface area contributed by atoms with Gasteiger partial charge in [-0.3, -0.25) is 4.79 Å². The molecule has 1 heterocycles. The van der Waals surface area contributed by atoms with Crippen LogP contribution in [0.4, 0.5) is 0 Å². The lowest BCUT2D eigenvalue weighted by atomic mass is 10.1. The van der Waals surface area contributed by atoms with Gasteiger partial charge in [0.2, 0.25) is 0 Å². The molecule has 0 unspecified atom stereocenters. The van der Waals surface area contributed by atoms with Crippen molar-refractivity contribution in [1.29, 1.82) is 0 Å². The predicted molar refractivity (Wildman–Crippen MR) is 72.5 cm³/mol. The number of benzene rings is 1. The Morgan fingerprint density at radius 3 is 2.47 bits per heavy atom. The summed E-state index contributed by atoms with van der Waals surface area (Å²) in [6.07, 6.45) is 1.40. The molecule has 0 radical (unpaired) electrons. The van der Waals surface area contributed by atoms with Crippen LogP contribution in [0, 0.1) is 0 Å². The second kappa shape index (κ2) is 5.80. The Bertz CT molecular complexity index is 498. The number of esters is 1. The number of methoxy groups -OCH3 is 1. The molecule has 19 heavy (non-hydrogen) atoms. The van der Waals surface area contributed by atoms with Crippen LogP contribution >= 0.6 is 23.2 Å². The molecule has 1 atom stereocenters. The summed E-state index contributed by atoms with van der Waals surface area (Å²) in [6, 6.07) is 4.13. The summed E-state index contributed by atoms with van der Waals surface area (Å²) in [5.74, 6) is -0.642. The molecule has 0 aliphatic carbocycles. The van der Waals surface area contributed by atoms with Crippen molar-refractivity contribution < 1.29 is 14.3 Å². The van der Waals surface area contributed by atoms with Gasteiger partial charge >= 0.3 is 5.97 Å². The van der Waals surface area contributed by atoms with Crippen LogP contribution < -0.4 is 0 Å². The number of rotatable bonds is 2. The molecule has 1 saturated heterocycles. The van der Waals surface area contributed by atoms with Crippen LogP contribution in [0.25, 0.3) is 0 Å². The zero-order valence-corrected chi connectivity index (χ0v) is 11.9. The van der Waals surface area contributed by atoms with E-state index >= 15 is 0 Å². The average Bonchev–Trinajstić information content (AvgIpc) is 2.84. The maximum Gasteiger partial charge on any atom is 0.328 e. The highest BCUT2D eigenvalue weighted by molar-refractivity contribution is 6.35. The highest BCUT2D eigenvalue weighted by atomic mass is 35.5. The molecule has 1 aliphatic rings. The maximum absolute atomic E-state index is 12.4. The van der Waals surface area contributed by atoms with Crippen molar-refractivity contribution in [1.82, 2.24) is 4.90 Å². The van der Waals surface area contributed by atoms with Gasteiger partial charge in [0.05, 0.1) is 7.11 Å². The Hall–Kier alpha value is -1.26. The van der Waals surface area contributed by atoms with Gasteiger partial charge < -0.3 is 9.64 Å². The van der Waals surface area contributed by atoms with Crippen molar-refractivity contribution in [2.45, 2.75) is 18.9 Å². The largest absolute Gasteiger partial charge is 0.467 e. The Labute approximate surface area is 121 Å². The first kappa shape index (κ1) is 14.2. The number of ether oxygens (including phenoxy) is 1. The smallest absolute Gasteiger partial charge is 0.328 e. The summed E-state index contributed by atoms with van der Waals surface area (Å²) in [7, 11) is 1.32. The normalized spacial score (nSPS) is 18.5. The van der Waals surface area contributed by atoms with Crippen molar-refractivity contribution in [2.24, 2.45) is 0 Å². The monoisotopic (exact) mass is 301 g/mol. The van der Waals surface area contributed by atoms with E-state index < -0.39 is 6.04 Å². The standard InChI is InChI=1S/C13H13Cl2NO3/c1-19-13(18)11-3-2-4-16(11)12(17)8-5-9(14)7-10(15)6-8/h5-7,11H,2-4H2,1H3/t11-/m1/s1. The molecular formula is C13H13Cl2NO3. The summed E-state index contributed by atoms with van der Waals surface area (Å²) in [4.78, 5) is 25.5. The predicted octanol–water partition coefficient (Wildman–Crippen LogP) is 2.77. The van der Waals surface area contributed by atoms with Crippen molar-refractivity contribution in [3.63, 3.8) is 0 Å². The number of nitrogens with zero attached hydrogens (tertiary/aromatic N) is 1. The molecule has 0 saturated carbocycles. The molecule has 1 amide bonds. The Morgan fingerprint density at radius 2 is 1.89 bits per heavy atom. The van der Waals surface area contributed by atoms with Gasteiger partial charge in [0.15, 0.2) is 0 Å². The van der Waals surface area contributed by atoms with Gasteiger partial charge in [-0.1, -0.05) is 23.2 Å². The Kier molecular flexibility index (Phi) is 4.32. The fourth-order valence-electron chi connectivity index (χ4n) is 2.23. The fraction of sp³-hybridized carbons (Fsp3) is 0.385. The summed E-state index contributed by atoms with van der Waals surface area (Å²) >= 11 is 11.8. The van der Waals surface area contributed by atoms with Crippen LogP contribution in [0.5, 0.6) is 0 Å². The topological polar surface area (TPSA) is 46.6 Å². The summed E-state index contributed by atoms with van der Waals surface area (Å²) in [6.45, 7) is 0.530. The van der Waals surface area contributed by atoms with Crippen molar-refractivity contribution in [3.8, 4) is 0 Å². The van der Waals surface area contributed by atoms with Gasteiger partial charge in [-0.2, -0.15) is 0 Å². The molecule has 0 bridgehead atoms. The number of carbonyl (C=O) groups is 2. The lowest BCUT2D eigenvalue weighted by Crippen LogP contribution is -2.41. The van der Waals surface area contributed by atoms with E-state index in [0.29, 0.717) is 28.6 Å². The van der Waals surface area contributed by atoms with Gasteiger partial charge in [-0.05, 0) is 31.0 Å². The molecule has 0 N–H and O–H groups in total. The van der Waals surface area contributed by atoms with E-state index in [-0.39, 0.29) is 11.9 Å². The lowest BCUT2D eigenvalue weighted by molar-refractivity contribution is -0.145. The first-order valence-electron chi connectivity index (χ1n) is 5.88. The third-order valence-corrected chi connectivity index (χ3v) is 3.53. The van der Waals surface area contributed by atoms with E-state index in [9.17, 15) is 9.59 Å². The minimum Gasteiger partial charge on any atom is -0.467 e. The highest BCUT2D eigenvalue weighted by Crippen LogP contribution is 2.24. The molecule has 102 valence electrons. The van der Waals surface area contributed by atoms with Crippen LogP contribution in [-0.2, 0) is 9.53 Å². The van der Waals surface area contributed by atoms with Gasteiger partial charge in [0.1, 0.15) is 6.04 Å². The zero-order valence-electron chi connectivity index (χ0n) is 10.4. The van der Waals surface area contributed by atoms with Gasteiger partial charge in [-0.25, -0.2) is 4.79 Å². The van der Waals surface area contributed by atoms with Gasteiger partial charge in [0, 0.05) is 22.2 Å². The van der Waals surface area contributed by atoms with Crippen molar-refractivity contribution in [3.05, 3.63) is 33.8 Å². The third kappa shape index (κ3) is 3.01. The molecule has 0 spiro atoms. The number of hydrogen-bond donors (Lipinski definition) is 0. The number of amides is 1. The number of likely N-dealkylation sites (tertiary alicyclic amines) is 1. The third-order valence-electron chi connectivity index (χ3n) is 3.10. The second-order valence-electron chi connectivity index (χ2n) is 4.34. The van der Waals surface area contributed by atoms with E-state index in [1.165, 1.54) is 12.0 Å². The second-order valence-corrected chi connectivity index (χ2v) is 5.21. The van der Waals surface area contributed by atoms with E-state index in [2.05, 4.69) is 0 Å². The van der Waals surface area contributed by atoms with Crippen LogP contribution in [0.1, 0.15) is 23.2 Å². The van der Waals surface area contributed by atoms with E-state index in [1.54, 1.807) is 18.2 Å². The molecule has 2 rings (SSSR count). The molecule has 1 aromatic rings. The molecule has 0 aromatic heterocycles. The zero-order chi connectivity index (χ0) is 14.0. The summed E-state index contributed by atoms with van der Waals surface area (Å²) < 4.78 is 4.71. The first-order valence-corrected chi connectivity index (χ1v) is 6.63. The molecule has 6 heteroatoms. The van der Waals surface area contributed by atoms with Gasteiger partial charge in [-0.15, -0.1) is 0 Å². The molecule has 4 nitrogen and oxygen atoms in total. The molecular weight excluding hydrogens is 289 g/mol. The number of hydrogen-bond acceptors (Lipinski definition) is 3. The first-order chi connectivity index (χ1) is 9.02. The van der Waals surface area contributed by atoms with Gasteiger partial charge in [0.25, 0.3) is 5.91 Å². The summed E-state index contributed by atoms with van der Waals surface area (Å²) in [5.41, 5.74) is 0.383. The molecule has 1 aromatic carbocycles. The van der Waals surface area contributed by atoms with Crippen molar-refractivity contribution in [2.75, 3.05) is 13.7 Å². The quantitative estimate of drug-likeness (QED) is 0.789. The summed E-state index contributed by atoms with van der Waals surface area (Å²) in [5, 5.41) is 0.786. The van der Waals surface area contributed by atoms with Crippen LogP contribution in [-0.4, -0.2) is 36.5 Å². The van der Waals surface area contributed by atoms with Crippen LogP contribution in [0.2, 0.25) is 10.0 Å². The highest BCUT2D eigenvalue weighted by Gasteiger charge is 2.35. The van der Waals surface area contributed by atoms with Crippen LogP contribution in [0.3, 0.4) is 0 Å². The Morgan fingerprint density at radius 1 is 1.26 bits per heavy atom. The number of carbonyl (C=O) groups excluding carboxylic acids is 2. The average molecular weight is 302 g/mol. The molecule has 1 fully saturated rings. The van der Waals surface area contributed by atoms with Crippen LogP contribution in [0.15, 0.2) is 18.2 Å². The Balaban J connectivity index is 2.25. The fourth-order valence-corrected chi connectivity index (χ4v) is 2.76. The SMILES string of the molecule is COC(=O)[C@H]1CCCN1C(=O)c1cc(Cl)cc(Cl)c1. The van der Waals surface area contributed by atoms with E-state index in [4.69, 9.17) is 27.9 Å². The molecule has 1 aliphatic heterocycles. The van der Waals surface area contributed by atoms with E-state index in [0.717, 1.165) is 6.42 Å². The number of halogens is 2. The van der Waals surface area contributed by atoms with Crippen molar-refractivity contribution >= 4 is 35.1 Å².